The molecular weight excluding hydrogens is 501 g/mol. The maximum absolute atomic E-state index is 13.9. The summed E-state index contributed by atoms with van der Waals surface area (Å²) < 4.78 is 21.4. The molecule has 1 amide bonds. The van der Waals surface area contributed by atoms with Crippen molar-refractivity contribution >= 4 is 16.8 Å². The molecule has 0 aliphatic heterocycles. The molecule has 0 saturated carbocycles. The molecule has 40 heavy (non-hydrogen) atoms. The highest BCUT2D eigenvalue weighted by Crippen LogP contribution is 2.35. The molecule has 212 valence electrons. The fourth-order valence-electron chi connectivity index (χ4n) is 5.47. The summed E-state index contributed by atoms with van der Waals surface area (Å²) in [4.78, 5) is 15.8. The van der Waals surface area contributed by atoms with Crippen molar-refractivity contribution in [3.63, 3.8) is 0 Å². The molecule has 3 aromatic carbocycles. The van der Waals surface area contributed by atoms with Crippen molar-refractivity contribution in [1.82, 2.24) is 14.8 Å². The van der Waals surface area contributed by atoms with Crippen LogP contribution in [0.3, 0.4) is 0 Å². The molecule has 0 spiro atoms. The number of benzene rings is 3. The number of hydrogen-bond donors (Lipinski definition) is 1. The molecule has 6 heteroatoms. The van der Waals surface area contributed by atoms with Crippen LogP contribution >= 0.6 is 0 Å². The summed E-state index contributed by atoms with van der Waals surface area (Å²) in [6.07, 6.45) is 4.43. The molecule has 1 aromatic heterocycles. The van der Waals surface area contributed by atoms with Crippen molar-refractivity contribution in [3.8, 4) is 5.75 Å². The van der Waals surface area contributed by atoms with Crippen molar-refractivity contribution in [2.45, 2.75) is 58.5 Å². The van der Waals surface area contributed by atoms with Gasteiger partial charge >= 0.3 is 0 Å². The highest BCUT2D eigenvalue weighted by atomic mass is 19.1. The molecule has 0 aliphatic rings. The zero-order valence-corrected chi connectivity index (χ0v) is 24.2. The van der Waals surface area contributed by atoms with Gasteiger partial charge in [0.15, 0.2) is 0 Å². The van der Waals surface area contributed by atoms with Gasteiger partial charge in [0.1, 0.15) is 11.6 Å². The first-order chi connectivity index (χ1) is 19.4. The largest absolute Gasteiger partial charge is 0.497 e. The van der Waals surface area contributed by atoms with Crippen LogP contribution in [0, 0.1) is 5.82 Å². The second-order valence-electron chi connectivity index (χ2n) is 10.5. The summed E-state index contributed by atoms with van der Waals surface area (Å²) in [6.45, 7) is 10.3. The Balaban J connectivity index is 1.58. The van der Waals surface area contributed by atoms with Crippen LogP contribution in [-0.2, 0) is 11.3 Å². The van der Waals surface area contributed by atoms with Crippen molar-refractivity contribution in [2.75, 3.05) is 26.7 Å². The number of para-hydroxylation sites is 1. The third kappa shape index (κ3) is 7.51. The van der Waals surface area contributed by atoms with Gasteiger partial charge in [-0.05, 0) is 86.4 Å². The number of halogens is 1. The number of carbonyl (C=O) groups excluding carboxylic acids is 1. The lowest BCUT2D eigenvalue weighted by molar-refractivity contribution is -0.121. The van der Waals surface area contributed by atoms with Gasteiger partial charge in [-0.15, -0.1) is 0 Å². The molecule has 4 rings (SSSR count). The summed E-state index contributed by atoms with van der Waals surface area (Å²) in [5.41, 5.74) is 4.26. The maximum Gasteiger partial charge on any atom is 0.221 e. The van der Waals surface area contributed by atoms with E-state index in [0.717, 1.165) is 65.8 Å². The molecular formula is C34H42FN3O2. The van der Waals surface area contributed by atoms with Crippen molar-refractivity contribution in [3.05, 3.63) is 102 Å². The number of methoxy groups -OCH3 is 1. The monoisotopic (exact) mass is 543 g/mol. The van der Waals surface area contributed by atoms with E-state index in [1.165, 1.54) is 12.1 Å². The quantitative estimate of drug-likeness (QED) is 0.187. The highest BCUT2D eigenvalue weighted by Gasteiger charge is 2.24. The molecule has 2 atom stereocenters. The Morgan fingerprint density at radius 2 is 1.70 bits per heavy atom. The van der Waals surface area contributed by atoms with E-state index < -0.39 is 0 Å². The minimum atomic E-state index is -0.282. The number of ether oxygens (including phenoxy) is 1. The van der Waals surface area contributed by atoms with Crippen LogP contribution in [0.4, 0.5) is 4.39 Å². The Hall–Kier alpha value is -3.64. The van der Waals surface area contributed by atoms with E-state index in [9.17, 15) is 9.18 Å². The van der Waals surface area contributed by atoms with Gasteiger partial charge in [0.05, 0.1) is 7.11 Å². The van der Waals surface area contributed by atoms with Crippen LogP contribution in [0.15, 0.2) is 79.0 Å². The summed E-state index contributed by atoms with van der Waals surface area (Å²) in [5.74, 6) is 0.351. The molecule has 0 bridgehead atoms. The number of nitrogens with one attached hydrogen (secondary N) is 1. The van der Waals surface area contributed by atoms with Crippen LogP contribution < -0.4 is 10.1 Å². The van der Waals surface area contributed by atoms with Gasteiger partial charge in [0, 0.05) is 42.0 Å². The fraction of sp³-hybridized carbons (Fsp3) is 0.382. The number of carbonyl (C=O) groups is 1. The van der Waals surface area contributed by atoms with Crippen molar-refractivity contribution in [1.29, 1.82) is 0 Å². The Morgan fingerprint density at radius 1 is 1.00 bits per heavy atom. The van der Waals surface area contributed by atoms with Gasteiger partial charge in [-0.2, -0.15) is 0 Å². The first-order valence-electron chi connectivity index (χ1n) is 14.4. The van der Waals surface area contributed by atoms with Crippen LogP contribution in [0.1, 0.15) is 62.6 Å². The minimum absolute atomic E-state index is 0.0108. The van der Waals surface area contributed by atoms with Gasteiger partial charge in [-0.1, -0.05) is 56.3 Å². The average molecular weight is 544 g/mol. The molecule has 1 N–H and O–H groups in total. The topological polar surface area (TPSA) is 46.5 Å². The van der Waals surface area contributed by atoms with Crippen molar-refractivity contribution in [2.24, 2.45) is 0 Å². The number of amides is 1. The second kappa shape index (κ2) is 14.1. The SMILES string of the molecule is CCN(CC)CCCC(C)NC(=O)CC(c1ccc(F)cc1)c1cn(Cc2ccc(OC)cc2)c2ccccc12. The number of rotatable bonds is 14. The van der Waals surface area contributed by atoms with Gasteiger partial charge in [0.25, 0.3) is 0 Å². The average Bonchev–Trinajstić information content (AvgIpc) is 3.33. The zero-order valence-electron chi connectivity index (χ0n) is 24.2. The van der Waals surface area contributed by atoms with Crippen LogP contribution in [0.5, 0.6) is 5.75 Å². The molecule has 2 unspecified atom stereocenters. The standard InChI is InChI=1S/C34H42FN3O2/c1-5-37(6-2)21-9-10-25(3)36-34(39)22-31(27-15-17-28(35)18-16-27)32-24-38(33-12-8-7-11-30(32)33)23-26-13-19-29(40-4)20-14-26/h7-8,11-20,24-25,31H,5-6,9-10,21-23H2,1-4H3,(H,36,39). The lowest BCUT2D eigenvalue weighted by atomic mass is 9.88. The minimum Gasteiger partial charge on any atom is -0.497 e. The summed E-state index contributed by atoms with van der Waals surface area (Å²) >= 11 is 0. The molecule has 0 fully saturated rings. The molecule has 0 saturated heterocycles. The number of nitrogens with zero attached hydrogens (tertiary/aromatic N) is 2. The summed E-state index contributed by atoms with van der Waals surface area (Å²) in [7, 11) is 1.67. The van der Waals surface area contributed by atoms with Gasteiger partial charge < -0.3 is 19.5 Å². The van der Waals surface area contributed by atoms with E-state index in [1.54, 1.807) is 19.2 Å². The van der Waals surface area contributed by atoms with Gasteiger partial charge in [-0.25, -0.2) is 4.39 Å². The van der Waals surface area contributed by atoms with Gasteiger partial charge in [0.2, 0.25) is 5.91 Å². The Kier molecular flexibility index (Phi) is 10.4. The third-order valence-corrected chi connectivity index (χ3v) is 7.78. The fourth-order valence-corrected chi connectivity index (χ4v) is 5.47. The van der Waals surface area contributed by atoms with Crippen LogP contribution in [0.25, 0.3) is 10.9 Å². The maximum atomic E-state index is 13.9. The van der Waals surface area contributed by atoms with E-state index in [2.05, 4.69) is 66.0 Å². The molecule has 1 heterocycles. The summed E-state index contributed by atoms with van der Waals surface area (Å²) in [6, 6.07) is 23.0. The number of hydrogen-bond acceptors (Lipinski definition) is 3. The first-order valence-corrected chi connectivity index (χ1v) is 14.4. The Bertz CT molecular complexity index is 1360. The molecule has 0 radical (unpaired) electrons. The first kappa shape index (κ1) is 29.3. The predicted molar refractivity (Wildman–Crippen MR) is 162 cm³/mol. The smallest absolute Gasteiger partial charge is 0.221 e. The Labute approximate surface area is 238 Å². The van der Waals surface area contributed by atoms with E-state index >= 15 is 0 Å². The lowest BCUT2D eigenvalue weighted by Gasteiger charge is -2.21. The normalized spacial score (nSPS) is 12.9. The van der Waals surface area contributed by atoms with E-state index in [1.807, 2.05) is 24.3 Å². The van der Waals surface area contributed by atoms with Gasteiger partial charge in [-0.3, -0.25) is 4.79 Å². The summed E-state index contributed by atoms with van der Waals surface area (Å²) in [5, 5.41) is 4.33. The Morgan fingerprint density at radius 3 is 2.38 bits per heavy atom. The predicted octanol–water partition coefficient (Wildman–Crippen LogP) is 6.99. The zero-order chi connectivity index (χ0) is 28.5. The third-order valence-electron chi connectivity index (χ3n) is 7.78. The number of aromatic nitrogens is 1. The second-order valence-corrected chi connectivity index (χ2v) is 10.5. The van der Waals surface area contributed by atoms with Crippen LogP contribution in [0.2, 0.25) is 0 Å². The lowest BCUT2D eigenvalue weighted by Crippen LogP contribution is -2.34. The molecule has 4 aromatic rings. The number of fused-ring (bicyclic) bond motifs is 1. The van der Waals surface area contributed by atoms with Crippen LogP contribution in [-0.4, -0.2) is 48.2 Å². The van der Waals surface area contributed by atoms with E-state index in [-0.39, 0.29) is 23.7 Å². The molecule has 0 aliphatic carbocycles. The molecule has 5 nitrogen and oxygen atoms in total. The van der Waals surface area contributed by atoms with Crippen molar-refractivity contribution < 1.29 is 13.9 Å². The van der Waals surface area contributed by atoms with E-state index in [4.69, 9.17) is 4.74 Å². The van der Waals surface area contributed by atoms with E-state index in [0.29, 0.717) is 13.0 Å². The highest BCUT2D eigenvalue weighted by molar-refractivity contribution is 5.87.